The second-order valence-corrected chi connectivity index (χ2v) is 4.48. The predicted molar refractivity (Wildman–Crippen MR) is 56.8 cm³/mol. The predicted octanol–water partition coefficient (Wildman–Crippen LogP) is -0.599. The van der Waals surface area contributed by atoms with Crippen LogP contribution in [0.15, 0.2) is 0 Å². The third-order valence-corrected chi connectivity index (χ3v) is 3.48. The van der Waals surface area contributed by atoms with Gasteiger partial charge in [0.15, 0.2) is 6.29 Å². The molecule has 0 bridgehead atoms. The summed E-state index contributed by atoms with van der Waals surface area (Å²) >= 11 is 0. The van der Waals surface area contributed by atoms with Gasteiger partial charge in [0.2, 0.25) is 5.78 Å². The molecule has 3 unspecified atom stereocenters. The Morgan fingerprint density at radius 3 is 2.88 bits per heavy atom. The summed E-state index contributed by atoms with van der Waals surface area (Å²) in [6.07, 6.45) is 3.55. The van der Waals surface area contributed by atoms with E-state index in [1.807, 2.05) is 0 Å². The summed E-state index contributed by atoms with van der Waals surface area (Å²) in [6, 6.07) is -0.532. The van der Waals surface area contributed by atoms with Gasteiger partial charge < -0.3 is 0 Å². The molecule has 2 fully saturated rings. The van der Waals surface area contributed by atoms with Crippen LogP contribution in [0.25, 0.3) is 0 Å². The van der Waals surface area contributed by atoms with Crippen LogP contribution >= 0.6 is 0 Å². The lowest BCUT2D eigenvalue weighted by molar-refractivity contribution is -0.131. The molecule has 1 aliphatic heterocycles. The van der Waals surface area contributed by atoms with E-state index in [4.69, 9.17) is 0 Å². The van der Waals surface area contributed by atoms with Crippen molar-refractivity contribution in [2.24, 2.45) is 5.92 Å². The largest absolute Gasteiger partial charge is 0.300 e. The summed E-state index contributed by atoms with van der Waals surface area (Å²) in [5.74, 6) is -0.0641. The molecule has 2 N–H and O–H groups in total. The van der Waals surface area contributed by atoms with Gasteiger partial charge in [-0.25, -0.2) is 0 Å². The van der Waals surface area contributed by atoms with Gasteiger partial charge in [0.25, 0.3) is 0 Å². The molecular formula is C11H16N2O3. The number of hydrogen-bond donors (Lipinski definition) is 2. The van der Waals surface area contributed by atoms with E-state index in [2.05, 4.69) is 10.6 Å². The lowest BCUT2D eigenvalue weighted by Gasteiger charge is -2.18. The highest BCUT2D eigenvalue weighted by Gasteiger charge is 2.36. The summed E-state index contributed by atoms with van der Waals surface area (Å²) in [7, 11) is 0. The van der Waals surface area contributed by atoms with Crippen molar-refractivity contribution in [3.05, 3.63) is 0 Å². The number of aldehydes is 1. The molecule has 2 rings (SSSR count). The number of carbonyl (C=O) groups is 3. The number of carbonyl (C=O) groups excluding carboxylic acids is 3. The zero-order valence-corrected chi connectivity index (χ0v) is 9.07. The zero-order valence-electron chi connectivity index (χ0n) is 9.07. The molecule has 1 saturated carbocycles. The van der Waals surface area contributed by atoms with Gasteiger partial charge in [-0.05, 0) is 19.3 Å². The van der Waals surface area contributed by atoms with Crippen LogP contribution in [0, 0.1) is 5.92 Å². The van der Waals surface area contributed by atoms with Crippen LogP contribution in [0.1, 0.15) is 25.7 Å². The highest BCUT2D eigenvalue weighted by Crippen LogP contribution is 2.26. The van der Waals surface area contributed by atoms with Gasteiger partial charge in [0.1, 0.15) is 5.78 Å². The highest BCUT2D eigenvalue weighted by atomic mass is 16.2. The van der Waals surface area contributed by atoms with Crippen molar-refractivity contribution in [2.45, 2.75) is 37.8 Å². The average Bonchev–Trinajstić information content (AvgIpc) is 2.88. The Morgan fingerprint density at radius 2 is 2.25 bits per heavy atom. The smallest absolute Gasteiger partial charge is 0.213 e. The first-order valence-electron chi connectivity index (χ1n) is 5.71. The monoisotopic (exact) mass is 224 g/mol. The lowest BCUT2D eigenvalue weighted by Crippen LogP contribution is -2.42. The second kappa shape index (κ2) is 4.84. The minimum Gasteiger partial charge on any atom is -0.300 e. The molecule has 0 aromatic rings. The molecule has 1 aliphatic carbocycles. The third-order valence-electron chi connectivity index (χ3n) is 3.48. The topological polar surface area (TPSA) is 75.3 Å². The van der Waals surface area contributed by atoms with E-state index in [0.717, 1.165) is 12.8 Å². The Balaban J connectivity index is 1.95. The Kier molecular flexibility index (Phi) is 3.46. The molecular weight excluding hydrogens is 208 g/mol. The first-order valence-corrected chi connectivity index (χ1v) is 5.71. The van der Waals surface area contributed by atoms with Crippen LogP contribution in [0.3, 0.4) is 0 Å². The highest BCUT2D eigenvalue weighted by molar-refractivity contribution is 6.27. The van der Waals surface area contributed by atoms with E-state index >= 15 is 0 Å². The second-order valence-electron chi connectivity index (χ2n) is 4.48. The molecule has 88 valence electrons. The normalized spacial score (nSPS) is 34.2. The summed E-state index contributed by atoms with van der Waals surface area (Å²) in [5, 5.41) is 6.07. The minimum atomic E-state index is -0.453. The molecule has 1 heterocycles. The molecule has 16 heavy (non-hydrogen) atoms. The summed E-state index contributed by atoms with van der Waals surface area (Å²) in [4.78, 5) is 33.3. The minimum absolute atomic E-state index is 0.0688. The Morgan fingerprint density at radius 1 is 1.44 bits per heavy atom. The Hall–Kier alpha value is -1.07. The quantitative estimate of drug-likeness (QED) is 0.493. The summed E-state index contributed by atoms with van der Waals surface area (Å²) in [6.45, 7) is 0.524. The van der Waals surface area contributed by atoms with Gasteiger partial charge in [-0.2, -0.15) is 0 Å². The fourth-order valence-electron chi connectivity index (χ4n) is 2.60. The van der Waals surface area contributed by atoms with Gasteiger partial charge >= 0.3 is 0 Å². The maximum atomic E-state index is 11.5. The van der Waals surface area contributed by atoms with Crippen LogP contribution in [-0.2, 0) is 14.4 Å². The maximum Gasteiger partial charge on any atom is 0.213 e. The van der Waals surface area contributed by atoms with E-state index in [9.17, 15) is 14.4 Å². The number of Topliss-reactive ketones (excluding diaryl/α,β-unsaturated/α-hetero) is 2. The summed E-state index contributed by atoms with van der Waals surface area (Å²) < 4.78 is 0. The molecule has 5 nitrogen and oxygen atoms in total. The lowest BCUT2D eigenvalue weighted by atomic mass is 9.92. The molecule has 0 radical (unpaired) electrons. The summed E-state index contributed by atoms with van der Waals surface area (Å²) in [5.41, 5.74) is 0. The van der Waals surface area contributed by atoms with Gasteiger partial charge in [-0.1, -0.05) is 0 Å². The van der Waals surface area contributed by atoms with Crippen molar-refractivity contribution >= 4 is 17.9 Å². The molecule has 0 amide bonds. The van der Waals surface area contributed by atoms with Crippen molar-refractivity contribution in [1.82, 2.24) is 10.6 Å². The average molecular weight is 224 g/mol. The van der Waals surface area contributed by atoms with Crippen molar-refractivity contribution in [3.8, 4) is 0 Å². The van der Waals surface area contributed by atoms with E-state index < -0.39 is 11.8 Å². The molecule has 0 aromatic heterocycles. The number of hydrogen-bond acceptors (Lipinski definition) is 5. The van der Waals surface area contributed by atoms with Gasteiger partial charge in [-0.3, -0.25) is 25.0 Å². The third kappa shape index (κ3) is 2.20. The van der Waals surface area contributed by atoms with E-state index in [1.165, 1.54) is 0 Å². The van der Waals surface area contributed by atoms with Gasteiger partial charge in [0, 0.05) is 25.0 Å². The number of ketones is 2. The first-order chi connectivity index (χ1) is 7.72. The fourth-order valence-corrected chi connectivity index (χ4v) is 2.60. The van der Waals surface area contributed by atoms with Crippen LogP contribution < -0.4 is 10.6 Å². The first kappa shape index (κ1) is 11.4. The van der Waals surface area contributed by atoms with Crippen molar-refractivity contribution < 1.29 is 14.4 Å². The van der Waals surface area contributed by atoms with Crippen LogP contribution in [0.5, 0.6) is 0 Å². The van der Waals surface area contributed by atoms with E-state index in [1.54, 1.807) is 0 Å². The molecule has 0 aromatic carbocycles. The SMILES string of the molecule is O=CC(=O)C1NCNC1CC1CCCC1=O. The molecule has 1 saturated heterocycles. The standard InChI is InChI=1S/C11H16N2O3/c14-5-10(16)11-8(12-6-13-11)4-7-2-1-3-9(7)15/h5,7-8,11-13H,1-4,6H2. The van der Waals surface area contributed by atoms with Gasteiger partial charge in [-0.15, -0.1) is 0 Å². The molecule has 3 atom stereocenters. The van der Waals surface area contributed by atoms with Crippen molar-refractivity contribution in [2.75, 3.05) is 6.67 Å². The van der Waals surface area contributed by atoms with Crippen LogP contribution in [-0.4, -0.2) is 36.6 Å². The van der Waals surface area contributed by atoms with Crippen molar-refractivity contribution in [1.29, 1.82) is 0 Å². The Labute approximate surface area is 94.0 Å². The molecule has 0 spiro atoms. The number of nitrogens with one attached hydrogen (secondary N) is 2. The Bertz CT molecular complexity index is 316. The van der Waals surface area contributed by atoms with Crippen molar-refractivity contribution in [3.63, 3.8) is 0 Å². The molecule has 2 aliphatic rings. The van der Waals surface area contributed by atoms with Crippen LogP contribution in [0.2, 0.25) is 0 Å². The fraction of sp³-hybridized carbons (Fsp3) is 0.727. The van der Waals surface area contributed by atoms with Gasteiger partial charge in [0.05, 0.1) is 6.04 Å². The van der Waals surface area contributed by atoms with Crippen LogP contribution in [0.4, 0.5) is 0 Å². The number of rotatable bonds is 4. The maximum absolute atomic E-state index is 11.5. The van der Waals surface area contributed by atoms with E-state index in [-0.39, 0.29) is 12.0 Å². The molecule has 5 heteroatoms. The van der Waals surface area contributed by atoms with E-state index in [0.29, 0.717) is 31.6 Å². The zero-order chi connectivity index (χ0) is 11.5.